The van der Waals surface area contributed by atoms with Gasteiger partial charge in [0.15, 0.2) is 0 Å². The summed E-state index contributed by atoms with van der Waals surface area (Å²) >= 11 is 0. The van der Waals surface area contributed by atoms with Crippen LogP contribution in [0, 0.1) is 5.92 Å². The Labute approximate surface area is 96.9 Å². The number of carbonyl (C=O) groups excluding carboxylic acids is 1. The van der Waals surface area contributed by atoms with E-state index in [1.54, 1.807) is 0 Å². The molecule has 2 atom stereocenters. The van der Waals surface area contributed by atoms with Gasteiger partial charge in [0.05, 0.1) is 5.92 Å². The van der Waals surface area contributed by atoms with E-state index in [4.69, 9.17) is 10.8 Å². The Kier molecular flexibility index (Phi) is 6.11. The van der Waals surface area contributed by atoms with Crippen LogP contribution in [0.2, 0.25) is 0 Å². The van der Waals surface area contributed by atoms with Crippen molar-refractivity contribution >= 4 is 5.91 Å². The van der Waals surface area contributed by atoms with Gasteiger partial charge in [-0.05, 0) is 19.3 Å². The Morgan fingerprint density at radius 1 is 1.31 bits per heavy atom. The normalized spacial score (nSPS) is 23.6. The second-order valence-corrected chi connectivity index (χ2v) is 4.32. The van der Waals surface area contributed by atoms with Crippen molar-refractivity contribution in [2.24, 2.45) is 11.7 Å². The van der Waals surface area contributed by atoms with Gasteiger partial charge in [0.25, 0.3) is 0 Å². The summed E-state index contributed by atoms with van der Waals surface area (Å²) < 4.78 is 0. The summed E-state index contributed by atoms with van der Waals surface area (Å²) in [6, 6.07) is 0.0419. The molecule has 0 saturated heterocycles. The Morgan fingerprint density at radius 3 is 2.69 bits per heavy atom. The largest absolute Gasteiger partial charge is 0.396 e. The first-order chi connectivity index (χ1) is 7.74. The van der Waals surface area contributed by atoms with Crippen molar-refractivity contribution < 1.29 is 9.90 Å². The summed E-state index contributed by atoms with van der Waals surface area (Å²) in [4.78, 5) is 11.6. The van der Waals surface area contributed by atoms with Crippen LogP contribution in [0.5, 0.6) is 0 Å². The lowest BCUT2D eigenvalue weighted by Gasteiger charge is -2.10. The van der Waals surface area contributed by atoms with Gasteiger partial charge in [-0.15, -0.1) is 0 Å². The van der Waals surface area contributed by atoms with E-state index in [1.165, 1.54) is 0 Å². The molecule has 1 aliphatic rings. The van der Waals surface area contributed by atoms with Crippen molar-refractivity contribution in [2.75, 3.05) is 13.2 Å². The molecule has 2 unspecified atom stereocenters. The maximum atomic E-state index is 11.6. The molecular formula is C12H22N2O2. The Morgan fingerprint density at radius 2 is 2.06 bits per heavy atom. The SMILES string of the molecule is NC1C=CC(C(=O)NCCCCCCO)C1. The maximum absolute atomic E-state index is 11.6. The molecule has 1 rings (SSSR count). The van der Waals surface area contributed by atoms with E-state index in [0.717, 1.165) is 38.6 Å². The average Bonchev–Trinajstić information content (AvgIpc) is 2.70. The molecule has 0 spiro atoms. The van der Waals surface area contributed by atoms with Crippen molar-refractivity contribution in [3.8, 4) is 0 Å². The summed E-state index contributed by atoms with van der Waals surface area (Å²) in [5, 5.41) is 11.5. The molecule has 1 aliphatic carbocycles. The average molecular weight is 226 g/mol. The predicted octanol–water partition coefficient (Wildman–Crippen LogP) is 0.559. The van der Waals surface area contributed by atoms with E-state index in [2.05, 4.69) is 5.32 Å². The zero-order valence-corrected chi connectivity index (χ0v) is 9.69. The Hall–Kier alpha value is -0.870. The van der Waals surface area contributed by atoms with Crippen molar-refractivity contribution in [1.29, 1.82) is 0 Å². The first kappa shape index (κ1) is 13.2. The number of nitrogens with two attached hydrogens (primary N) is 1. The lowest BCUT2D eigenvalue weighted by molar-refractivity contribution is -0.123. The lowest BCUT2D eigenvalue weighted by Crippen LogP contribution is -2.31. The van der Waals surface area contributed by atoms with Crippen molar-refractivity contribution in [2.45, 2.75) is 38.1 Å². The third kappa shape index (κ3) is 4.77. The minimum absolute atomic E-state index is 0.0348. The molecule has 1 amide bonds. The van der Waals surface area contributed by atoms with Gasteiger partial charge in [-0.25, -0.2) is 0 Å². The van der Waals surface area contributed by atoms with Gasteiger partial charge in [-0.3, -0.25) is 4.79 Å². The van der Waals surface area contributed by atoms with E-state index in [0.29, 0.717) is 0 Å². The second kappa shape index (κ2) is 7.41. The fourth-order valence-electron chi connectivity index (χ4n) is 1.85. The van der Waals surface area contributed by atoms with Crippen LogP contribution in [-0.2, 0) is 4.79 Å². The third-order valence-corrected chi connectivity index (χ3v) is 2.84. The van der Waals surface area contributed by atoms with Gasteiger partial charge in [-0.2, -0.15) is 0 Å². The number of carbonyl (C=O) groups is 1. The molecule has 0 heterocycles. The molecule has 0 aromatic heterocycles. The minimum Gasteiger partial charge on any atom is -0.396 e. The molecule has 0 bridgehead atoms. The van der Waals surface area contributed by atoms with Gasteiger partial charge in [-0.1, -0.05) is 25.0 Å². The lowest BCUT2D eigenvalue weighted by atomic mass is 10.1. The summed E-state index contributed by atoms with van der Waals surface area (Å²) in [6.07, 6.45) is 8.44. The number of amides is 1. The summed E-state index contributed by atoms with van der Waals surface area (Å²) in [6.45, 7) is 0.987. The Balaban J connectivity index is 2.01. The van der Waals surface area contributed by atoms with E-state index in [-0.39, 0.29) is 24.5 Å². The second-order valence-electron chi connectivity index (χ2n) is 4.32. The van der Waals surface area contributed by atoms with E-state index in [9.17, 15) is 4.79 Å². The standard InChI is InChI=1S/C12H22N2O2/c13-11-6-5-10(9-11)12(16)14-7-3-1-2-4-8-15/h5-6,10-11,15H,1-4,7-9,13H2,(H,14,16). The van der Waals surface area contributed by atoms with Crippen LogP contribution in [-0.4, -0.2) is 30.2 Å². The van der Waals surface area contributed by atoms with Crippen LogP contribution in [0.1, 0.15) is 32.1 Å². The van der Waals surface area contributed by atoms with Crippen molar-refractivity contribution in [3.63, 3.8) is 0 Å². The number of hydrogen-bond donors (Lipinski definition) is 3. The monoisotopic (exact) mass is 226 g/mol. The number of unbranched alkanes of at least 4 members (excludes halogenated alkanes) is 3. The molecule has 0 aromatic carbocycles. The number of aliphatic hydroxyl groups excluding tert-OH is 1. The third-order valence-electron chi connectivity index (χ3n) is 2.84. The van der Waals surface area contributed by atoms with Gasteiger partial charge in [0.2, 0.25) is 5.91 Å². The van der Waals surface area contributed by atoms with Gasteiger partial charge >= 0.3 is 0 Å². The Bertz CT molecular complexity index is 241. The molecule has 0 aliphatic heterocycles. The first-order valence-corrected chi connectivity index (χ1v) is 6.06. The summed E-state index contributed by atoms with van der Waals surface area (Å²) in [7, 11) is 0. The highest BCUT2D eigenvalue weighted by molar-refractivity contribution is 5.81. The molecule has 4 N–H and O–H groups in total. The number of aliphatic hydroxyl groups is 1. The van der Waals surface area contributed by atoms with Gasteiger partial charge < -0.3 is 16.2 Å². The van der Waals surface area contributed by atoms with Crippen LogP contribution in [0.3, 0.4) is 0 Å². The zero-order valence-electron chi connectivity index (χ0n) is 9.69. The van der Waals surface area contributed by atoms with Crippen LogP contribution in [0.4, 0.5) is 0 Å². The smallest absolute Gasteiger partial charge is 0.226 e. The number of rotatable bonds is 7. The molecule has 4 heteroatoms. The van der Waals surface area contributed by atoms with Gasteiger partial charge in [0, 0.05) is 19.2 Å². The van der Waals surface area contributed by atoms with Crippen LogP contribution < -0.4 is 11.1 Å². The molecule has 92 valence electrons. The van der Waals surface area contributed by atoms with Crippen LogP contribution >= 0.6 is 0 Å². The van der Waals surface area contributed by atoms with E-state index >= 15 is 0 Å². The van der Waals surface area contributed by atoms with E-state index < -0.39 is 0 Å². The van der Waals surface area contributed by atoms with Crippen molar-refractivity contribution in [3.05, 3.63) is 12.2 Å². The highest BCUT2D eigenvalue weighted by atomic mass is 16.2. The maximum Gasteiger partial charge on any atom is 0.226 e. The minimum atomic E-state index is -0.0348. The van der Waals surface area contributed by atoms with Gasteiger partial charge in [0.1, 0.15) is 0 Å². The first-order valence-electron chi connectivity index (χ1n) is 6.06. The van der Waals surface area contributed by atoms with Crippen molar-refractivity contribution in [1.82, 2.24) is 5.32 Å². The summed E-state index contributed by atoms with van der Waals surface area (Å²) in [5.41, 5.74) is 5.68. The summed E-state index contributed by atoms with van der Waals surface area (Å²) in [5.74, 6) is 0.0544. The van der Waals surface area contributed by atoms with Crippen LogP contribution in [0.15, 0.2) is 12.2 Å². The molecule has 0 fully saturated rings. The van der Waals surface area contributed by atoms with Crippen LogP contribution in [0.25, 0.3) is 0 Å². The molecule has 16 heavy (non-hydrogen) atoms. The fourth-order valence-corrected chi connectivity index (χ4v) is 1.85. The fraction of sp³-hybridized carbons (Fsp3) is 0.750. The molecule has 0 radical (unpaired) electrons. The zero-order chi connectivity index (χ0) is 11.8. The molecule has 0 saturated carbocycles. The number of hydrogen-bond acceptors (Lipinski definition) is 3. The number of nitrogens with one attached hydrogen (secondary N) is 1. The highest BCUT2D eigenvalue weighted by Gasteiger charge is 2.21. The molecule has 0 aromatic rings. The molecular weight excluding hydrogens is 204 g/mol. The predicted molar refractivity (Wildman–Crippen MR) is 63.8 cm³/mol. The quantitative estimate of drug-likeness (QED) is 0.438. The molecule has 4 nitrogen and oxygen atoms in total. The highest BCUT2D eigenvalue weighted by Crippen LogP contribution is 2.16. The van der Waals surface area contributed by atoms with E-state index in [1.807, 2.05) is 12.2 Å². The topological polar surface area (TPSA) is 75.4 Å².